The number of hydrogen-bond donors (Lipinski definition) is 3. The monoisotopic (exact) mass is 470 g/mol. The molecule has 14 heteroatoms. The van der Waals surface area contributed by atoms with Crippen molar-refractivity contribution in [3.8, 4) is 5.69 Å². The molecular formula is C18H20F6N4O4. The maximum atomic E-state index is 12.3. The van der Waals surface area contributed by atoms with E-state index in [0.717, 1.165) is 0 Å². The number of rotatable bonds is 6. The summed E-state index contributed by atoms with van der Waals surface area (Å²) in [6.45, 7) is -0.520. The topological polar surface area (TPSA) is 119 Å². The van der Waals surface area contributed by atoms with E-state index < -0.39 is 49.2 Å². The Hall–Kier alpha value is -3.45. The number of nitrogens with one attached hydrogen (secondary N) is 1. The zero-order chi connectivity index (χ0) is 24.7. The van der Waals surface area contributed by atoms with Crippen LogP contribution in [0.15, 0.2) is 35.1 Å². The van der Waals surface area contributed by atoms with Crippen LogP contribution in [0, 0.1) is 0 Å². The first-order chi connectivity index (χ1) is 14.6. The van der Waals surface area contributed by atoms with Gasteiger partial charge in [-0.05, 0) is 12.1 Å². The molecule has 0 unspecified atom stereocenters. The zero-order valence-corrected chi connectivity index (χ0v) is 16.6. The van der Waals surface area contributed by atoms with Crippen molar-refractivity contribution >= 4 is 17.6 Å². The van der Waals surface area contributed by atoms with Crippen LogP contribution in [0.3, 0.4) is 0 Å². The Morgan fingerprint density at radius 2 is 1.66 bits per heavy atom. The van der Waals surface area contributed by atoms with Gasteiger partial charge in [0.15, 0.2) is 0 Å². The predicted octanol–water partition coefficient (Wildman–Crippen LogP) is 2.39. The first-order valence-electron chi connectivity index (χ1n) is 8.90. The molecule has 178 valence electrons. The maximum absolute atomic E-state index is 12.3. The minimum Gasteiger partial charge on any atom is -0.481 e. The van der Waals surface area contributed by atoms with Crippen molar-refractivity contribution in [2.45, 2.75) is 31.6 Å². The number of carbonyl (C=O) groups is 2. The molecule has 0 spiro atoms. The number of aliphatic carboxylic acids is 1. The lowest BCUT2D eigenvalue weighted by Gasteiger charge is -2.11. The number of carboxylic acids is 1. The number of anilines is 1. The Labute approximate surface area is 177 Å². The van der Waals surface area contributed by atoms with Crippen LogP contribution in [0.2, 0.25) is 0 Å². The maximum Gasteiger partial charge on any atom is 0.471 e. The van der Waals surface area contributed by atoms with E-state index in [1.165, 1.54) is 21.7 Å². The highest BCUT2D eigenvalue weighted by Gasteiger charge is 2.38. The normalized spacial score (nSPS) is 11.5. The summed E-state index contributed by atoms with van der Waals surface area (Å²) in [7, 11) is 1.52. The summed E-state index contributed by atoms with van der Waals surface area (Å²) in [6.07, 6.45) is -11.1. The van der Waals surface area contributed by atoms with Crippen LogP contribution in [-0.4, -0.2) is 45.2 Å². The lowest BCUT2D eigenvalue weighted by Crippen LogP contribution is -2.37. The van der Waals surface area contributed by atoms with Crippen LogP contribution >= 0.6 is 0 Å². The third-order valence-corrected chi connectivity index (χ3v) is 3.95. The molecule has 0 saturated heterocycles. The van der Waals surface area contributed by atoms with Crippen molar-refractivity contribution in [3.05, 3.63) is 46.4 Å². The van der Waals surface area contributed by atoms with E-state index in [9.17, 15) is 40.7 Å². The molecule has 0 aliphatic carbocycles. The number of carboxylic acid groups (broad SMARTS) is 1. The average molecular weight is 470 g/mol. The van der Waals surface area contributed by atoms with E-state index in [4.69, 9.17) is 10.8 Å². The van der Waals surface area contributed by atoms with E-state index >= 15 is 0 Å². The molecule has 8 nitrogen and oxygen atoms in total. The molecule has 0 saturated carbocycles. The van der Waals surface area contributed by atoms with Crippen molar-refractivity contribution in [2.75, 3.05) is 12.3 Å². The van der Waals surface area contributed by atoms with Gasteiger partial charge in [-0.2, -0.15) is 26.3 Å². The third-order valence-electron chi connectivity index (χ3n) is 3.95. The molecule has 4 N–H and O–H groups in total. The summed E-state index contributed by atoms with van der Waals surface area (Å²) in [5, 5.41) is 9.41. The number of carbonyl (C=O) groups excluding carboxylic acids is 1. The molecule has 0 aliphatic heterocycles. The molecule has 0 radical (unpaired) electrons. The van der Waals surface area contributed by atoms with Gasteiger partial charge in [0.2, 0.25) is 0 Å². The summed E-state index contributed by atoms with van der Waals surface area (Å²) < 4.78 is 73.8. The second-order valence-electron chi connectivity index (χ2n) is 6.35. The first kappa shape index (κ1) is 26.6. The minimum atomic E-state index is -4.95. The molecule has 0 bridgehead atoms. The molecule has 2 aromatic rings. The van der Waals surface area contributed by atoms with Crippen molar-refractivity contribution in [1.82, 2.24) is 14.7 Å². The standard InChI is InChI=1S/C13H14F3N3O.C5H6F3NO3/c1-18-10(7-8-13(14,15)16)11(17)12(20)19(18)9-5-3-2-4-6-9;6-5(7,8)4(12)9-2-1-3(10)11/h2-6H,7-8,17H2,1H3;1-2H2,(H,9,12)(H,10,11). The predicted molar refractivity (Wildman–Crippen MR) is 101 cm³/mol. The zero-order valence-electron chi connectivity index (χ0n) is 16.6. The highest BCUT2D eigenvalue weighted by atomic mass is 19.4. The van der Waals surface area contributed by atoms with Crippen LogP contribution in [0.5, 0.6) is 0 Å². The van der Waals surface area contributed by atoms with Gasteiger partial charge in [-0.1, -0.05) is 18.2 Å². The van der Waals surface area contributed by atoms with Crippen LogP contribution in [0.25, 0.3) is 5.69 Å². The molecule has 0 aliphatic rings. The van der Waals surface area contributed by atoms with Gasteiger partial charge in [-0.15, -0.1) is 0 Å². The molecule has 0 atom stereocenters. The molecule has 1 aromatic carbocycles. The fourth-order valence-corrected chi connectivity index (χ4v) is 2.47. The number of nitrogen functional groups attached to an aromatic ring is 1. The Bertz CT molecular complexity index is 980. The lowest BCUT2D eigenvalue weighted by molar-refractivity contribution is -0.173. The summed E-state index contributed by atoms with van der Waals surface area (Å²) in [5.41, 5.74) is 5.76. The van der Waals surface area contributed by atoms with Gasteiger partial charge in [0.1, 0.15) is 5.69 Å². The Morgan fingerprint density at radius 3 is 2.12 bits per heavy atom. The van der Waals surface area contributed by atoms with Crippen LogP contribution in [-0.2, 0) is 23.1 Å². The lowest BCUT2D eigenvalue weighted by atomic mass is 10.2. The Morgan fingerprint density at radius 1 is 1.09 bits per heavy atom. The van der Waals surface area contributed by atoms with Gasteiger partial charge in [0.05, 0.1) is 17.8 Å². The summed E-state index contributed by atoms with van der Waals surface area (Å²) >= 11 is 0. The second-order valence-corrected chi connectivity index (χ2v) is 6.35. The number of amides is 1. The number of para-hydroxylation sites is 1. The summed E-state index contributed by atoms with van der Waals surface area (Å²) in [4.78, 5) is 31.9. The Kier molecular flexibility index (Phi) is 8.91. The highest BCUT2D eigenvalue weighted by Crippen LogP contribution is 2.23. The van der Waals surface area contributed by atoms with E-state index in [2.05, 4.69) is 0 Å². The van der Waals surface area contributed by atoms with E-state index in [0.29, 0.717) is 5.69 Å². The number of hydrogen-bond acceptors (Lipinski definition) is 4. The first-order valence-corrected chi connectivity index (χ1v) is 8.90. The van der Waals surface area contributed by atoms with Crippen molar-refractivity contribution in [3.63, 3.8) is 0 Å². The largest absolute Gasteiger partial charge is 0.481 e. The smallest absolute Gasteiger partial charge is 0.471 e. The number of aromatic nitrogens is 2. The number of halogens is 6. The van der Waals surface area contributed by atoms with Crippen LogP contribution < -0.4 is 16.6 Å². The molecule has 1 amide bonds. The molecule has 2 rings (SSSR count). The molecule has 1 aromatic heterocycles. The molecular weight excluding hydrogens is 450 g/mol. The van der Waals surface area contributed by atoms with Gasteiger partial charge in [-0.25, -0.2) is 4.68 Å². The number of benzene rings is 1. The van der Waals surface area contributed by atoms with Crippen molar-refractivity contribution in [2.24, 2.45) is 7.05 Å². The summed E-state index contributed by atoms with van der Waals surface area (Å²) in [5.74, 6) is -3.39. The number of nitrogens with zero attached hydrogens (tertiary/aromatic N) is 2. The minimum absolute atomic E-state index is 0.138. The third kappa shape index (κ3) is 8.00. The second kappa shape index (κ2) is 10.7. The Balaban J connectivity index is 0.000000368. The van der Waals surface area contributed by atoms with Gasteiger partial charge in [-0.3, -0.25) is 19.1 Å². The fourth-order valence-electron chi connectivity index (χ4n) is 2.47. The van der Waals surface area contributed by atoms with Gasteiger partial charge < -0.3 is 16.2 Å². The van der Waals surface area contributed by atoms with Gasteiger partial charge in [0, 0.05) is 26.4 Å². The highest BCUT2D eigenvalue weighted by molar-refractivity contribution is 5.82. The van der Waals surface area contributed by atoms with Gasteiger partial charge in [0.25, 0.3) is 5.56 Å². The fraction of sp³-hybridized carbons (Fsp3) is 0.389. The molecule has 1 heterocycles. The van der Waals surface area contributed by atoms with Crippen molar-refractivity contribution < 1.29 is 41.0 Å². The quantitative estimate of drug-likeness (QED) is 0.561. The SMILES string of the molecule is Cn1c(CCC(F)(F)F)c(N)c(=O)n1-c1ccccc1.O=C(O)CCNC(=O)C(F)(F)F. The molecule has 32 heavy (non-hydrogen) atoms. The number of nitrogens with two attached hydrogens (primary N) is 1. The van der Waals surface area contributed by atoms with Gasteiger partial charge >= 0.3 is 24.2 Å². The number of alkyl halides is 6. The van der Waals surface area contributed by atoms with Crippen molar-refractivity contribution in [1.29, 1.82) is 0 Å². The van der Waals surface area contributed by atoms with E-state index in [1.54, 1.807) is 30.3 Å². The average Bonchev–Trinajstić information content (AvgIpc) is 2.88. The van der Waals surface area contributed by atoms with E-state index in [-0.39, 0.29) is 17.8 Å². The van der Waals surface area contributed by atoms with E-state index in [1.807, 2.05) is 0 Å². The summed E-state index contributed by atoms with van der Waals surface area (Å²) in [6, 6.07) is 8.63. The van der Waals surface area contributed by atoms with Crippen LogP contribution in [0.1, 0.15) is 18.5 Å². The van der Waals surface area contributed by atoms with Crippen LogP contribution in [0.4, 0.5) is 32.0 Å². The molecule has 0 fully saturated rings.